The van der Waals surface area contributed by atoms with Gasteiger partial charge in [-0.15, -0.1) is 0 Å². The fraction of sp³-hybridized carbons (Fsp3) is 0.278. The molecular formula is C18H16N2O4. The van der Waals surface area contributed by atoms with E-state index in [0.717, 1.165) is 25.1 Å². The highest BCUT2D eigenvalue weighted by Gasteiger charge is 2.39. The van der Waals surface area contributed by atoms with Crippen molar-refractivity contribution in [1.29, 1.82) is 0 Å². The van der Waals surface area contributed by atoms with Gasteiger partial charge < -0.3 is 9.64 Å². The summed E-state index contributed by atoms with van der Waals surface area (Å²) in [4.78, 5) is 24.7. The number of hydrogen-bond acceptors (Lipinski definition) is 5. The van der Waals surface area contributed by atoms with Crippen molar-refractivity contribution in [3.05, 3.63) is 69.8 Å². The van der Waals surface area contributed by atoms with Gasteiger partial charge in [0.05, 0.1) is 10.5 Å². The van der Waals surface area contributed by atoms with Gasteiger partial charge in [-0.3, -0.25) is 10.1 Å². The SMILES string of the molecule is O=C(OC1CC2CCN1c1ccccc12)c1ccc([N+](=O)[O-])cc1. The van der Waals surface area contributed by atoms with Crippen molar-refractivity contribution in [2.75, 3.05) is 11.4 Å². The Balaban J connectivity index is 1.52. The van der Waals surface area contributed by atoms with Crippen LogP contribution in [-0.4, -0.2) is 23.7 Å². The molecule has 122 valence electrons. The molecule has 5 rings (SSSR count). The minimum absolute atomic E-state index is 0.0408. The summed E-state index contributed by atoms with van der Waals surface area (Å²) in [6.45, 7) is 0.875. The van der Waals surface area contributed by atoms with E-state index in [-0.39, 0.29) is 11.9 Å². The van der Waals surface area contributed by atoms with Gasteiger partial charge in [0.25, 0.3) is 5.69 Å². The van der Waals surface area contributed by atoms with Gasteiger partial charge in [0.1, 0.15) is 0 Å². The second kappa shape index (κ2) is 5.63. The monoisotopic (exact) mass is 324 g/mol. The average molecular weight is 324 g/mol. The lowest BCUT2D eigenvalue weighted by Gasteiger charge is -2.46. The fourth-order valence-electron chi connectivity index (χ4n) is 3.60. The average Bonchev–Trinajstić information content (AvgIpc) is 2.62. The summed E-state index contributed by atoms with van der Waals surface area (Å²) in [5.41, 5.74) is 2.75. The zero-order chi connectivity index (χ0) is 16.7. The Morgan fingerprint density at radius 1 is 1.17 bits per heavy atom. The van der Waals surface area contributed by atoms with Gasteiger partial charge in [0, 0.05) is 30.8 Å². The number of para-hydroxylation sites is 1. The predicted molar refractivity (Wildman–Crippen MR) is 88.1 cm³/mol. The highest BCUT2D eigenvalue weighted by molar-refractivity contribution is 5.90. The van der Waals surface area contributed by atoms with E-state index in [1.54, 1.807) is 0 Å². The lowest BCUT2D eigenvalue weighted by Crippen LogP contribution is -2.48. The van der Waals surface area contributed by atoms with Crippen molar-refractivity contribution >= 4 is 17.3 Å². The summed E-state index contributed by atoms with van der Waals surface area (Å²) < 4.78 is 5.69. The fourth-order valence-corrected chi connectivity index (χ4v) is 3.60. The van der Waals surface area contributed by atoms with Gasteiger partial charge in [-0.25, -0.2) is 4.79 Å². The van der Waals surface area contributed by atoms with Crippen LogP contribution in [0.15, 0.2) is 48.5 Å². The van der Waals surface area contributed by atoms with E-state index in [2.05, 4.69) is 17.0 Å². The Morgan fingerprint density at radius 2 is 1.92 bits per heavy atom. The highest BCUT2D eigenvalue weighted by Crippen LogP contribution is 2.45. The Labute approximate surface area is 138 Å². The molecule has 2 bridgehead atoms. The normalized spacial score (nSPS) is 21.2. The van der Waals surface area contributed by atoms with Gasteiger partial charge >= 0.3 is 5.97 Å². The summed E-state index contributed by atoms with van der Waals surface area (Å²) in [5.74, 6) is -0.0270. The number of carbonyl (C=O) groups is 1. The van der Waals surface area contributed by atoms with E-state index < -0.39 is 10.9 Å². The molecule has 0 aliphatic carbocycles. The molecule has 1 saturated heterocycles. The number of fused-ring (bicyclic) bond motifs is 2. The van der Waals surface area contributed by atoms with Crippen LogP contribution < -0.4 is 4.90 Å². The molecule has 0 aromatic heterocycles. The number of ether oxygens (including phenoxy) is 1. The van der Waals surface area contributed by atoms with Crippen molar-refractivity contribution < 1.29 is 14.5 Å². The van der Waals surface area contributed by atoms with Crippen LogP contribution in [0.4, 0.5) is 11.4 Å². The molecule has 2 aromatic carbocycles. The summed E-state index contributed by atoms with van der Waals surface area (Å²) in [6.07, 6.45) is 1.58. The molecule has 0 N–H and O–H groups in total. The number of carbonyl (C=O) groups excluding carboxylic acids is 1. The van der Waals surface area contributed by atoms with Crippen LogP contribution in [0.5, 0.6) is 0 Å². The number of nitrogens with zero attached hydrogens (tertiary/aromatic N) is 2. The standard InChI is InChI=1S/C18H16N2O4/c21-18(12-5-7-14(8-6-12)20(22)23)24-17-11-13-9-10-19(17)16-4-2-1-3-15(13)16/h1-8,13,17H,9-11H2. The maximum Gasteiger partial charge on any atom is 0.340 e. The van der Waals surface area contributed by atoms with Crippen LogP contribution in [0.25, 0.3) is 0 Å². The quantitative estimate of drug-likeness (QED) is 0.491. The minimum Gasteiger partial charge on any atom is -0.438 e. The highest BCUT2D eigenvalue weighted by atomic mass is 16.6. The smallest absolute Gasteiger partial charge is 0.340 e. The second-order valence-electron chi connectivity index (χ2n) is 6.14. The first kappa shape index (κ1) is 14.7. The van der Waals surface area contributed by atoms with Crippen molar-refractivity contribution in [1.82, 2.24) is 0 Å². The third-order valence-electron chi connectivity index (χ3n) is 4.80. The van der Waals surface area contributed by atoms with Crippen LogP contribution in [-0.2, 0) is 4.74 Å². The Morgan fingerprint density at radius 3 is 2.67 bits per heavy atom. The number of benzene rings is 2. The predicted octanol–water partition coefficient (Wildman–Crippen LogP) is 3.48. The van der Waals surface area contributed by atoms with Gasteiger partial charge in [-0.2, -0.15) is 0 Å². The maximum atomic E-state index is 12.4. The van der Waals surface area contributed by atoms with E-state index in [0.29, 0.717) is 11.5 Å². The molecular weight excluding hydrogens is 308 g/mol. The topological polar surface area (TPSA) is 72.7 Å². The molecule has 0 saturated carbocycles. The third-order valence-corrected chi connectivity index (χ3v) is 4.80. The van der Waals surface area contributed by atoms with Gasteiger partial charge in [0.2, 0.25) is 0 Å². The molecule has 2 atom stereocenters. The molecule has 3 aliphatic rings. The first-order valence-corrected chi connectivity index (χ1v) is 7.94. The number of anilines is 1. The molecule has 2 aromatic rings. The molecule has 3 aliphatic heterocycles. The number of rotatable bonds is 3. The van der Waals surface area contributed by atoms with Crippen molar-refractivity contribution in [3.63, 3.8) is 0 Å². The second-order valence-corrected chi connectivity index (χ2v) is 6.14. The Hall–Kier alpha value is -2.89. The molecule has 3 heterocycles. The summed E-state index contributed by atoms with van der Waals surface area (Å²) in [6, 6.07) is 13.7. The van der Waals surface area contributed by atoms with E-state index in [1.165, 1.54) is 29.8 Å². The molecule has 24 heavy (non-hydrogen) atoms. The van der Waals surface area contributed by atoms with Gasteiger partial charge in [-0.1, -0.05) is 18.2 Å². The minimum atomic E-state index is -0.488. The third kappa shape index (κ3) is 2.40. The first-order chi connectivity index (χ1) is 11.6. The molecule has 1 fully saturated rings. The lowest BCUT2D eigenvalue weighted by atomic mass is 9.82. The van der Waals surface area contributed by atoms with Crippen LogP contribution in [0.1, 0.15) is 34.7 Å². The molecule has 6 nitrogen and oxygen atoms in total. The molecule has 0 spiro atoms. The first-order valence-electron chi connectivity index (χ1n) is 7.94. The molecule has 0 radical (unpaired) electrons. The molecule has 6 heteroatoms. The summed E-state index contributed by atoms with van der Waals surface area (Å²) in [7, 11) is 0. The van der Waals surface area contributed by atoms with Crippen molar-refractivity contribution in [2.24, 2.45) is 0 Å². The Bertz CT molecular complexity index is 803. The number of esters is 1. The van der Waals surface area contributed by atoms with Gasteiger partial charge in [-0.05, 0) is 36.1 Å². The zero-order valence-corrected chi connectivity index (χ0v) is 12.9. The van der Waals surface area contributed by atoms with E-state index in [4.69, 9.17) is 4.74 Å². The maximum absolute atomic E-state index is 12.4. The Kier molecular flexibility index (Phi) is 3.45. The number of non-ortho nitro benzene ring substituents is 1. The van der Waals surface area contributed by atoms with Gasteiger partial charge in [0.15, 0.2) is 6.23 Å². The molecule has 2 unspecified atom stereocenters. The van der Waals surface area contributed by atoms with Crippen LogP contribution in [0.3, 0.4) is 0 Å². The summed E-state index contributed by atoms with van der Waals surface area (Å²) >= 11 is 0. The zero-order valence-electron chi connectivity index (χ0n) is 12.9. The number of nitro benzene ring substituents is 1. The number of hydrogen-bond donors (Lipinski definition) is 0. The number of piperidine rings is 1. The molecule has 0 amide bonds. The van der Waals surface area contributed by atoms with Crippen molar-refractivity contribution in [3.8, 4) is 0 Å². The summed E-state index contributed by atoms with van der Waals surface area (Å²) in [5, 5.41) is 10.7. The largest absolute Gasteiger partial charge is 0.438 e. The van der Waals surface area contributed by atoms with Crippen molar-refractivity contribution in [2.45, 2.75) is 25.0 Å². The van der Waals surface area contributed by atoms with Crippen LogP contribution >= 0.6 is 0 Å². The lowest BCUT2D eigenvalue weighted by molar-refractivity contribution is -0.384. The van der Waals surface area contributed by atoms with E-state index in [1.807, 2.05) is 12.1 Å². The van der Waals surface area contributed by atoms with E-state index >= 15 is 0 Å². The number of nitro groups is 1. The van der Waals surface area contributed by atoms with Crippen LogP contribution in [0, 0.1) is 10.1 Å². The van der Waals surface area contributed by atoms with E-state index in [9.17, 15) is 14.9 Å². The van der Waals surface area contributed by atoms with Crippen LogP contribution in [0.2, 0.25) is 0 Å².